The number of carbonyl (C=O) groups is 1. The number of pyridine rings is 1. The molecule has 245 valence electrons. The summed E-state index contributed by atoms with van der Waals surface area (Å²) in [6.45, 7) is 18.3. The van der Waals surface area contributed by atoms with Crippen LogP contribution in [0, 0.1) is 16.9 Å². The molecule has 6 heteroatoms. The minimum absolute atomic E-state index is 0. The van der Waals surface area contributed by atoms with Gasteiger partial charge in [0, 0.05) is 47.8 Å². The summed E-state index contributed by atoms with van der Waals surface area (Å²) in [6, 6.07) is 35.2. The molecule has 0 amide bonds. The molecule has 6 aromatic rings. The summed E-state index contributed by atoms with van der Waals surface area (Å²) < 4.78 is 6.29. The van der Waals surface area contributed by atoms with Gasteiger partial charge in [0.15, 0.2) is 5.78 Å². The predicted octanol–water partition coefficient (Wildman–Crippen LogP) is 10.9. The van der Waals surface area contributed by atoms with Gasteiger partial charge in [0.05, 0.1) is 19.2 Å². The minimum atomic E-state index is -1.46. The fourth-order valence-corrected chi connectivity index (χ4v) is 6.28. The Hall–Kier alpha value is -3.83. The van der Waals surface area contributed by atoms with Crippen molar-refractivity contribution < 1.29 is 34.4 Å². The first kappa shape index (κ1) is 36.0. The van der Waals surface area contributed by atoms with Crippen molar-refractivity contribution in [2.24, 2.45) is 10.8 Å². The van der Waals surface area contributed by atoms with Crippen molar-refractivity contribution in [2.45, 2.75) is 61.2 Å². The monoisotopic (exact) mass is 819 g/mol. The maximum atomic E-state index is 11.5. The molecule has 0 aliphatic carbocycles. The number of fused-ring (bicyclic) bond motifs is 4. The van der Waals surface area contributed by atoms with E-state index in [1.807, 2.05) is 65.8 Å². The predicted molar refractivity (Wildman–Crippen MR) is 196 cm³/mol. The quantitative estimate of drug-likeness (QED) is 0.0833. The number of allylic oxidation sites excluding steroid dienone is 2. The summed E-state index contributed by atoms with van der Waals surface area (Å²) in [4.78, 5) is 16.6. The number of furan rings is 1. The van der Waals surface area contributed by atoms with Crippen LogP contribution in [0.5, 0.6) is 0 Å². The summed E-state index contributed by atoms with van der Waals surface area (Å²) >= 11 is 0. The van der Waals surface area contributed by atoms with Crippen LogP contribution in [-0.4, -0.2) is 23.9 Å². The van der Waals surface area contributed by atoms with Crippen LogP contribution >= 0.6 is 0 Å². The second-order valence-electron chi connectivity index (χ2n) is 15.0. The minimum Gasteiger partial charge on any atom is -0.512 e. The molecule has 6 rings (SSSR count). The van der Waals surface area contributed by atoms with Gasteiger partial charge >= 0.3 is 0 Å². The van der Waals surface area contributed by atoms with Crippen LogP contribution in [0.4, 0.5) is 0 Å². The largest absolute Gasteiger partial charge is 0.512 e. The van der Waals surface area contributed by atoms with Gasteiger partial charge in [-0.1, -0.05) is 144 Å². The second kappa shape index (κ2) is 13.7. The Morgan fingerprint density at radius 2 is 1.47 bits per heavy atom. The van der Waals surface area contributed by atoms with Gasteiger partial charge in [0.1, 0.15) is 11.3 Å². The number of aliphatic hydroxyl groups excluding tert-OH is 1. The number of benzene rings is 4. The van der Waals surface area contributed by atoms with Gasteiger partial charge in [0.2, 0.25) is 0 Å². The molecule has 0 saturated heterocycles. The molecule has 0 unspecified atom stereocenters. The molecule has 0 aliphatic heterocycles. The van der Waals surface area contributed by atoms with Crippen LogP contribution in [-0.2, 0) is 24.9 Å². The molecule has 4 nitrogen and oxygen atoms in total. The first-order valence-corrected chi connectivity index (χ1v) is 19.3. The van der Waals surface area contributed by atoms with Crippen LogP contribution in [0.1, 0.15) is 41.5 Å². The zero-order valence-corrected chi connectivity index (χ0v) is 32.2. The van der Waals surface area contributed by atoms with Crippen molar-refractivity contribution in [3.63, 3.8) is 0 Å². The smallest absolute Gasteiger partial charge is 0.164 e. The van der Waals surface area contributed by atoms with Gasteiger partial charge in [-0.3, -0.25) is 9.78 Å². The molecule has 2 heterocycles. The van der Waals surface area contributed by atoms with Crippen LogP contribution < -0.4 is 5.19 Å². The Morgan fingerprint density at radius 3 is 2.11 bits per heavy atom. The maximum Gasteiger partial charge on any atom is 0.164 e. The number of carbonyl (C=O) groups excluding carboxylic acids is 1. The van der Waals surface area contributed by atoms with Gasteiger partial charge < -0.3 is 9.52 Å². The Kier molecular flexibility index (Phi) is 10.5. The van der Waals surface area contributed by atoms with Crippen LogP contribution in [0.15, 0.2) is 107 Å². The first-order valence-electron chi connectivity index (χ1n) is 15.8. The average molecular weight is 819 g/mol. The van der Waals surface area contributed by atoms with E-state index in [0.717, 1.165) is 38.7 Å². The number of para-hydroxylation sites is 1. The fourth-order valence-electron chi connectivity index (χ4n) is 5.11. The molecule has 1 radical (unpaired) electrons. The summed E-state index contributed by atoms with van der Waals surface area (Å²) in [7, 11) is -1.46. The number of nitrogens with zero attached hydrogens (tertiary/aromatic N) is 1. The van der Waals surface area contributed by atoms with E-state index in [1.165, 1.54) is 27.8 Å². The zero-order chi connectivity index (χ0) is 33.4. The SMILES string of the molecule is CC(C)(C)C(=O)/C=C(\O)C(C)(C)C.C[Si](C)(C)c1ccc2nc(-c3[c-]ccc4c3oc3ccccc34)cc(-c3ccccc3)c2c1.[Ir]. The number of rotatable bonds is 4. The van der Waals surface area contributed by atoms with Crippen LogP contribution in [0.25, 0.3) is 55.2 Å². The van der Waals surface area contributed by atoms with Crippen molar-refractivity contribution in [1.82, 2.24) is 4.98 Å². The molecule has 0 atom stereocenters. The van der Waals surface area contributed by atoms with Crippen molar-refractivity contribution in [2.75, 3.05) is 0 Å². The molecular formula is C41H44IrNO3Si-. The van der Waals surface area contributed by atoms with Crippen molar-refractivity contribution in [1.29, 1.82) is 0 Å². The van der Waals surface area contributed by atoms with E-state index >= 15 is 0 Å². The molecule has 0 spiro atoms. The van der Waals surface area contributed by atoms with E-state index in [2.05, 4.69) is 92.4 Å². The zero-order valence-electron chi connectivity index (χ0n) is 28.8. The second-order valence-corrected chi connectivity index (χ2v) is 20.1. The summed E-state index contributed by atoms with van der Waals surface area (Å²) in [5, 5.41) is 14.4. The Balaban J connectivity index is 0.000000307. The van der Waals surface area contributed by atoms with Gasteiger partial charge in [-0.15, -0.1) is 18.2 Å². The Bertz CT molecular complexity index is 2070. The van der Waals surface area contributed by atoms with E-state index in [-0.39, 0.29) is 37.1 Å². The van der Waals surface area contributed by atoms with Crippen molar-refractivity contribution in [3.05, 3.63) is 109 Å². The maximum absolute atomic E-state index is 11.5. The third-order valence-corrected chi connectivity index (χ3v) is 10.2. The molecule has 47 heavy (non-hydrogen) atoms. The van der Waals surface area contributed by atoms with Crippen molar-refractivity contribution in [3.8, 4) is 22.4 Å². The van der Waals surface area contributed by atoms with Crippen molar-refractivity contribution >= 4 is 51.9 Å². The molecule has 0 aliphatic rings. The third kappa shape index (κ3) is 8.01. The van der Waals surface area contributed by atoms with Gasteiger partial charge in [-0.2, -0.15) is 0 Å². The van der Waals surface area contributed by atoms with E-state index in [4.69, 9.17) is 9.40 Å². The van der Waals surface area contributed by atoms with E-state index in [0.29, 0.717) is 0 Å². The Labute approximate surface area is 293 Å². The molecule has 4 aromatic carbocycles. The molecule has 1 N–H and O–H groups in total. The fraction of sp³-hybridized carbons (Fsp3) is 0.268. The summed E-state index contributed by atoms with van der Waals surface area (Å²) in [6.07, 6.45) is 1.33. The van der Waals surface area contributed by atoms with Gasteiger partial charge in [0.25, 0.3) is 0 Å². The number of ketones is 1. The third-order valence-electron chi connectivity index (χ3n) is 8.13. The molecular weight excluding hydrogens is 775 g/mol. The van der Waals surface area contributed by atoms with Crippen LogP contribution in [0.2, 0.25) is 19.6 Å². The number of hydrogen-bond acceptors (Lipinski definition) is 4. The summed E-state index contributed by atoms with van der Waals surface area (Å²) in [5.74, 6) is 0.104. The first-order chi connectivity index (χ1) is 21.5. The number of aliphatic hydroxyl groups is 1. The molecule has 0 fully saturated rings. The number of aromatic nitrogens is 1. The molecule has 0 bridgehead atoms. The molecule has 0 saturated carbocycles. The number of hydrogen-bond donors (Lipinski definition) is 1. The van der Waals surface area contributed by atoms with Crippen LogP contribution in [0.3, 0.4) is 0 Å². The average Bonchev–Trinajstić information content (AvgIpc) is 3.38. The topological polar surface area (TPSA) is 63.3 Å². The Morgan fingerprint density at radius 1 is 0.809 bits per heavy atom. The van der Waals surface area contributed by atoms with E-state index in [1.54, 1.807) is 0 Å². The standard InChI is InChI=1S/C30H24NOSi.C11H20O2.Ir/c1-33(2,3)21-16-17-27-26(18-21)25(20-10-5-4-6-11-20)19-28(31-27)24-14-9-13-23-22-12-7-8-15-29(22)32-30(23)24;1-10(2,3)8(12)7-9(13)11(4,5)6;/h4-13,15-19H,1-3H3;7,12H,1-6H3;/q-1;;/b;8-7-;. The van der Waals surface area contributed by atoms with E-state index < -0.39 is 13.5 Å². The van der Waals surface area contributed by atoms with E-state index in [9.17, 15) is 9.90 Å². The van der Waals surface area contributed by atoms with Gasteiger partial charge in [-0.05, 0) is 29.0 Å². The summed E-state index contributed by atoms with van der Waals surface area (Å²) in [5.41, 5.74) is 6.12. The molecule has 2 aromatic heterocycles. The van der Waals surface area contributed by atoms with Gasteiger partial charge in [-0.25, -0.2) is 0 Å². The normalized spacial score (nSPS) is 12.5.